The van der Waals surface area contributed by atoms with Crippen LogP contribution in [0.4, 0.5) is 11.6 Å². The molecule has 0 unspecified atom stereocenters. The van der Waals surface area contributed by atoms with Gasteiger partial charge in [0.1, 0.15) is 0 Å². The first kappa shape index (κ1) is 8.99. The lowest BCUT2D eigenvalue weighted by atomic mass is 10.1. The Balaban J connectivity index is 2.22. The Morgan fingerprint density at radius 2 is 2.14 bits per heavy atom. The maximum atomic E-state index is 5.75. The molecule has 0 saturated carbocycles. The van der Waals surface area contributed by atoms with E-state index in [0.29, 0.717) is 5.82 Å². The SMILES string of the molecule is C=C1CCCN(c2nccnc2N)C1. The van der Waals surface area contributed by atoms with Gasteiger partial charge in [-0.15, -0.1) is 0 Å². The smallest absolute Gasteiger partial charge is 0.171 e. The van der Waals surface area contributed by atoms with E-state index in [0.717, 1.165) is 31.7 Å². The first-order valence-corrected chi connectivity index (χ1v) is 4.75. The number of nitrogen functional groups attached to an aromatic ring is 1. The summed E-state index contributed by atoms with van der Waals surface area (Å²) >= 11 is 0. The van der Waals surface area contributed by atoms with Crippen LogP contribution in [0, 0.1) is 0 Å². The predicted molar refractivity (Wildman–Crippen MR) is 57.0 cm³/mol. The molecule has 0 aliphatic carbocycles. The lowest BCUT2D eigenvalue weighted by Crippen LogP contribution is -2.32. The summed E-state index contributed by atoms with van der Waals surface area (Å²) in [4.78, 5) is 10.4. The van der Waals surface area contributed by atoms with Crippen LogP contribution in [-0.2, 0) is 0 Å². The molecule has 1 aliphatic heterocycles. The monoisotopic (exact) mass is 190 g/mol. The average molecular weight is 190 g/mol. The van der Waals surface area contributed by atoms with E-state index in [1.54, 1.807) is 12.4 Å². The van der Waals surface area contributed by atoms with Crippen molar-refractivity contribution in [2.24, 2.45) is 0 Å². The van der Waals surface area contributed by atoms with E-state index in [-0.39, 0.29) is 0 Å². The van der Waals surface area contributed by atoms with Crippen LogP contribution in [0.2, 0.25) is 0 Å². The molecule has 0 bridgehead atoms. The Morgan fingerprint density at radius 3 is 2.86 bits per heavy atom. The highest BCUT2D eigenvalue weighted by Gasteiger charge is 2.16. The van der Waals surface area contributed by atoms with Crippen molar-refractivity contribution >= 4 is 11.6 Å². The largest absolute Gasteiger partial charge is 0.381 e. The minimum atomic E-state index is 0.502. The van der Waals surface area contributed by atoms with Gasteiger partial charge in [0.15, 0.2) is 11.6 Å². The van der Waals surface area contributed by atoms with Crippen LogP contribution < -0.4 is 10.6 Å². The number of hydrogen-bond donors (Lipinski definition) is 1. The van der Waals surface area contributed by atoms with Gasteiger partial charge in [-0.1, -0.05) is 12.2 Å². The third-order valence-corrected chi connectivity index (χ3v) is 2.38. The molecule has 1 saturated heterocycles. The second kappa shape index (κ2) is 3.65. The molecule has 1 aromatic rings. The molecule has 0 amide bonds. The normalized spacial score (nSPS) is 17.1. The number of hydrogen-bond acceptors (Lipinski definition) is 4. The second-order valence-corrected chi connectivity index (χ2v) is 3.54. The molecule has 0 radical (unpaired) electrons. The van der Waals surface area contributed by atoms with E-state index in [1.807, 2.05) is 0 Å². The van der Waals surface area contributed by atoms with E-state index in [2.05, 4.69) is 21.4 Å². The van der Waals surface area contributed by atoms with Crippen molar-refractivity contribution < 1.29 is 0 Å². The predicted octanol–water partition coefficient (Wildman–Crippen LogP) is 1.22. The van der Waals surface area contributed by atoms with Gasteiger partial charge in [0.2, 0.25) is 0 Å². The summed E-state index contributed by atoms with van der Waals surface area (Å²) < 4.78 is 0. The highest BCUT2D eigenvalue weighted by Crippen LogP contribution is 2.22. The average Bonchev–Trinajstić information content (AvgIpc) is 2.18. The molecule has 0 aromatic carbocycles. The van der Waals surface area contributed by atoms with E-state index in [4.69, 9.17) is 5.73 Å². The summed E-state index contributed by atoms with van der Waals surface area (Å²) in [5.41, 5.74) is 6.99. The lowest BCUT2D eigenvalue weighted by Gasteiger charge is -2.29. The Labute approximate surface area is 83.5 Å². The van der Waals surface area contributed by atoms with Gasteiger partial charge in [-0.05, 0) is 12.8 Å². The van der Waals surface area contributed by atoms with Gasteiger partial charge in [0.25, 0.3) is 0 Å². The van der Waals surface area contributed by atoms with Gasteiger partial charge in [0.05, 0.1) is 0 Å². The summed E-state index contributed by atoms with van der Waals surface area (Å²) in [7, 11) is 0. The van der Waals surface area contributed by atoms with Crippen LogP contribution in [0.15, 0.2) is 24.5 Å². The summed E-state index contributed by atoms with van der Waals surface area (Å²) in [6, 6.07) is 0. The number of nitrogens with two attached hydrogens (primary N) is 1. The topological polar surface area (TPSA) is 55.0 Å². The molecule has 1 fully saturated rings. The van der Waals surface area contributed by atoms with Crippen molar-refractivity contribution in [2.45, 2.75) is 12.8 Å². The van der Waals surface area contributed by atoms with E-state index >= 15 is 0 Å². The first-order valence-electron chi connectivity index (χ1n) is 4.75. The van der Waals surface area contributed by atoms with Crippen molar-refractivity contribution in [3.63, 3.8) is 0 Å². The fourth-order valence-electron chi connectivity index (χ4n) is 1.71. The molecular weight excluding hydrogens is 176 g/mol. The molecule has 1 aliphatic rings. The Bertz CT molecular complexity index is 348. The number of rotatable bonds is 1. The molecule has 2 N–H and O–H groups in total. The van der Waals surface area contributed by atoms with Crippen LogP contribution in [0.5, 0.6) is 0 Å². The molecule has 1 aromatic heterocycles. The van der Waals surface area contributed by atoms with Gasteiger partial charge in [-0.25, -0.2) is 9.97 Å². The van der Waals surface area contributed by atoms with Gasteiger partial charge >= 0.3 is 0 Å². The Hall–Kier alpha value is -1.58. The Kier molecular flexibility index (Phi) is 2.35. The molecule has 2 rings (SSSR count). The van der Waals surface area contributed by atoms with Gasteiger partial charge in [-0.2, -0.15) is 0 Å². The number of aromatic nitrogens is 2. The third kappa shape index (κ3) is 1.69. The zero-order valence-corrected chi connectivity index (χ0v) is 8.11. The van der Waals surface area contributed by atoms with Crippen LogP contribution in [0.25, 0.3) is 0 Å². The minimum Gasteiger partial charge on any atom is -0.381 e. The molecule has 14 heavy (non-hydrogen) atoms. The summed E-state index contributed by atoms with van der Waals surface area (Å²) in [6.45, 7) is 5.83. The molecule has 4 nitrogen and oxygen atoms in total. The molecule has 2 heterocycles. The number of nitrogens with zero attached hydrogens (tertiary/aromatic N) is 3. The number of anilines is 2. The second-order valence-electron chi connectivity index (χ2n) is 3.54. The maximum absolute atomic E-state index is 5.75. The van der Waals surface area contributed by atoms with Gasteiger partial charge in [0, 0.05) is 25.5 Å². The minimum absolute atomic E-state index is 0.502. The van der Waals surface area contributed by atoms with Crippen molar-refractivity contribution in [1.29, 1.82) is 0 Å². The van der Waals surface area contributed by atoms with Crippen LogP contribution >= 0.6 is 0 Å². The molecule has 0 atom stereocenters. The highest BCUT2D eigenvalue weighted by molar-refractivity contribution is 5.58. The molecular formula is C10H14N4. The maximum Gasteiger partial charge on any atom is 0.171 e. The molecule has 4 heteroatoms. The van der Waals surface area contributed by atoms with Crippen LogP contribution in [-0.4, -0.2) is 23.1 Å². The lowest BCUT2D eigenvalue weighted by molar-refractivity contribution is 0.672. The summed E-state index contributed by atoms with van der Waals surface area (Å²) in [5.74, 6) is 1.29. The zero-order valence-electron chi connectivity index (χ0n) is 8.11. The van der Waals surface area contributed by atoms with Crippen LogP contribution in [0.1, 0.15) is 12.8 Å². The molecule has 74 valence electrons. The van der Waals surface area contributed by atoms with Crippen molar-refractivity contribution in [1.82, 2.24) is 9.97 Å². The fraction of sp³-hybridized carbons (Fsp3) is 0.400. The fourth-order valence-corrected chi connectivity index (χ4v) is 1.71. The van der Waals surface area contributed by atoms with E-state index < -0.39 is 0 Å². The summed E-state index contributed by atoms with van der Waals surface area (Å²) in [5, 5.41) is 0. The van der Waals surface area contributed by atoms with E-state index in [1.165, 1.54) is 5.57 Å². The Morgan fingerprint density at radius 1 is 1.36 bits per heavy atom. The first-order chi connectivity index (χ1) is 6.77. The van der Waals surface area contributed by atoms with Crippen molar-refractivity contribution in [2.75, 3.05) is 23.7 Å². The highest BCUT2D eigenvalue weighted by atomic mass is 15.2. The van der Waals surface area contributed by atoms with Gasteiger partial charge in [-0.3, -0.25) is 0 Å². The van der Waals surface area contributed by atoms with Crippen molar-refractivity contribution in [3.05, 3.63) is 24.5 Å². The molecule has 0 spiro atoms. The van der Waals surface area contributed by atoms with Crippen molar-refractivity contribution in [3.8, 4) is 0 Å². The van der Waals surface area contributed by atoms with Crippen LogP contribution in [0.3, 0.4) is 0 Å². The third-order valence-electron chi connectivity index (χ3n) is 2.38. The summed E-state index contributed by atoms with van der Waals surface area (Å²) in [6.07, 6.45) is 5.51. The number of piperidine rings is 1. The zero-order chi connectivity index (χ0) is 9.97. The van der Waals surface area contributed by atoms with E-state index in [9.17, 15) is 0 Å². The standard InChI is InChI=1S/C10H14N4/c1-8-3-2-6-14(7-8)10-9(11)12-4-5-13-10/h4-5H,1-3,6-7H2,(H2,11,12). The quantitative estimate of drug-likeness (QED) is 0.676. The van der Waals surface area contributed by atoms with Gasteiger partial charge < -0.3 is 10.6 Å².